The van der Waals surface area contributed by atoms with E-state index in [0.717, 1.165) is 5.56 Å². The Morgan fingerprint density at radius 2 is 1.74 bits per heavy atom. The van der Waals surface area contributed by atoms with E-state index in [4.69, 9.17) is 11.6 Å². The van der Waals surface area contributed by atoms with Crippen molar-refractivity contribution in [2.45, 2.75) is 25.7 Å². The molecule has 2 aromatic carbocycles. The molecule has 122 valence electrons. The Balaban J connectivity index is 2.29. The Kier molecular flexibility index (Phi) is 4.97. The molecule has 0 unspecified atom stereocenters. The van der Waals surface area contributed by atoms with E-state index in [2.05, 4.69) is 9.93 Å². The molecule has 0 fully saturated rings. The number of benzene rings is 2. The Bertz CT molecular complexity index is 854. The highest BCUT2D eigenvalue weighted by molar-refractivity contribution is 7.89. The van der Waals surface area contributed by atoms with E-state index in [9.17, 15) is 13.5 Å². The standard InChI is InChI=1S/C16H17ClN2O3S/c1-10-6-11(2)16(12(3)7-10)23(21,22)19-18-9-13-8-14(17)4-5-15(13)20/h4-9,19-20H,1-3H3/b18-9-. The van der Waals surface area contributed by atoms with Crippen LogP contribution in [0.25, 0.3) is 0 Å². The third kappa shape index (κ3) is 4.03. The molecule has 23 heavy (non-hydrogen) atoms. The quantitative estimate of drug-likeness (QED) is 0.654. The second-order valence-electron chi connectivity index (χ2n) is 5.28. The number of hydrogen-bond donors (Lipinski definition) is 2. The molecule has 0 bridgehead atoms. The van der Waals surface area contributed by atoms with Gasteiger partial charge in [0.25, 0.3) is 10.0 Å². The smallest absolute Gasteiger partial charge is 0.277 e. The van der Waals surface area contributed by atoms with Gasteiger partial charge < -0.3 is 5.11 Å². The van der Waals surface area contributed by atoms with E-state index in [1.807, 2.05) is 6.92 Å². The van der Waals surface area contributed by atoms with Crippen molar-refractivity contribution in [3.8, 4) is 5.75 Å². The SMILES string of the molecule is Cc1cc(C)c(S(=O)(=O)N/N=C\c2cc(Cl)ccc2O)c(C)c1. The van der Waals surface area contributed by atoms with Crippen molar-refractivity contribution >= 4 is 27.8 Å². The van der Waals surface area contributed by atoms with Crippen LogP contribution in [-0.2, 0) is 10.0 Å². The minimum Gasteiger partial charge on any atom is -0.507 e. The second kappa shape index (κ2) is 6.60. The van der Waals surface area contributed by atoms with E-state index >= 15 is 0 Å². The van der Waals surface area contributed by atoms with Crippen molar-refractivity contribution in [3.63, 3.8) is 0 Å². The Hall–Kier alpha value is -2.05. The van der Waals surface area contributed by atoms with Crippen molar-refractivity contribution in [3.05, 3.63) is 57.6 Å². The van der Waals surface area contributed by atoms with Gasteiger partial charge in [-0.25, -0.2) is 4.83 Å². The molecule has 0 radical (unpaired) electrons. The molecule has 0 saturated carbocycles. The number of hydrazone groups is 1. The summed E-state index contributed by atoms with van der Waals surface area (Å²) in [7, 11) is -3.79. The topological polar surface area (TPSA) is 78.8 Å². The largest absolute Gasteiger partial charge is 0.507 e. The average Bonchev–Trinajstić information content (AvgIpc) is 2.41. The minimum absolute atomic E-state index is 0.0416. The minimum atomic E-state index is -3.79. The zero-order valence-corrected chi connectivity index (χ0v) is 14.5. The lowest BCUT2D eigenvalue weighted by Crippen LogP contribution is -2.20. The van der Waals surface area contributed by atoms with Gasteiger partial charge in [-0.05, 0) is 50.1 Å². The van der Waals surface area contributed by atoms with Gasteiger partial charge in [0.05, 0.1) is 11.1 Å². The molecule has 2 N–H and O–H groups in total. The second-order valence-corrected chi connectivity index (χ2v) is 7.32. The number of aromatic hydroxyl groups is 1. The van der Waals surface area contributed by atoms with Gasteiger partial charge in [-0.1, -0.05) is 29.3 Å². The third-order valence-corrected chi connectivity index (χ3v) is 5.00. The molecule has 0 amide bonds. The first-order valence-electron chi connectivity index (χ1n) is 6.82. The maximum atomic E-state index is 12.4. The number of hydrogen-bond acceptors (Lipinski definition) is 4. The Morgan fingerprint density at radius 3 is 2.35 bits per heavy atom. The molecule has 0 aromatic heterocycles. The monoisotopic (exact) mass is 352 g/mol. The number of phenols is 1. The highest BCUT2D eigenvalue weighted by Gasteiger charge is 2.19. The zero-order chi connectivity index (χ0) is 17.2. The van der Waals surface area contributed by atoms with Crippen LogP contribution in [0.1, 0.15) is 22.3 Å². The van der Waals surface area contributed by atoms with Crippen LogP contribution in [0.4, 0.5) is 0 Å². The highest BCUT2D eigenvalue weighted by Crippen LogP contribution is 2.22. The molecule has 2 rings (SSSR count). The zero-order valence-electron chi connectivity index (χ0n) is 13.0. The van der Waals surface area contributed by atoms with Gasteiger partial charge in [0.2, 0.25) is 0 Å². The highest BCUT2D eigenvalue weighted by atomic mass is 35.5. The van der Waals surface area contributed by atoms with Crippen LogP contribution < -0.4 is 4.83 Å². The van der Waals surface area contributed by atoms with Crippen LogP contribution in [0.2, 0.25) is 5.02 Å². The lowest BCUT2D eigenvalue weighted by molar-refractivity contribution is 0.474. The predicted molar refractivity (Wildman–Crippen MR) is 91.7 cm³/mol. The summed E-state index contributed by atoms with van der Waals surface area (Å²) in [6.07, 6.45) is 1.21. The van der Waals surface area contributed by atoms with E-state index in [1.165, 1.54) is 24.4 Å². The maximum Gasteiger partial charge on any atom is 0.277 e. The fourth-order valence-electron chi connectivity index (χ4n) is 2.43. The number of phenolic OH excluding ortho intramolecular Hbond substituents is 1. The normalized spacial score (nSPS) is 11.8. The van der Waals surface area contributed by atoms with Crippen LogP contribution in [0.15, 0.2) is 40.3 Å². The molecule has 0 heterocycles. The summed E-state index contributed by atoms with van der Waals surface area (Å²) in [5, 5.41) is 13.8. The van der Waals surface area contributed by atoms with Crippen LogP contribution in [0, 0.1) is 20.8 Å². The van der Waals surface area contributed by atoms with Gasteiger partial charge in [-0.15, -0.1) is 0 Å². The van der Waals surface area contributed by atoms with Crippen molar-refractivity contribution in [1.29, 1.82) is 0 Å². The molecule has 7 heteroatoms. The van der Waals surface area contributed by atoms with Crippen molar-refractivity contribution < 1.29 is 13.5 Å². The lowest BCUT2D eigenvalue weighted by atomic mass is 10.1. The first-order chi connectivity index (χ1) is 10.7. The van der Waals surface area contributed by atoms with Gasteiger partial charge in [0.15, 0.2) is 0 Å². The molecule has 2 aromatic rings. The van der Waals surface area contributed by atoms with Gasteiger partial charge in [-0.2, -0.15) is 13.5 Å². The van der Waals surface area contributed by atoms with Crippen LogP contribution in [-0.4, -0.2) is 19.7 Å². The maximum absolute atomic E-state index is 12.4. The Labute approximate surface area is 140 Å². The Morgan fingerprint density at radius 1 is 1.13 bits per heavy atom. The fourth-order valence-corrected chi connectivity index (χ4v) is 3.86. The third-order valence-electron chi connectivity index (χ3n) is 3.24. The average molecular weight is 353 g/mol. The van der Waals surface area contributed by atoms with Gasteiger partial charge in [0, 0.05) is 10.6 Å². The number of aryl methyl sites for hydroxylation is 3. The lowest BCUT2D eigenvalue weighted by Gasteiger charge is -2.11. The molecule has 0 aliphatic carbocycles. The summed E-state index contributed by atoms with van der Waals surface area (Å²) in [6.45, 7) is 5.38. The van der Waals surface area contributed by atoms with Crippen molar-refractivity contribution in [2.75, 3.05) is 0 Å². The molecule has 0 aliphatic rings. The molecule has 0 aliphatic heterocycles. The van der Waals surface area contributed by atoms with Crippen molar-refractivity contribution in [1.82, 2.24) is 4.83 Å². The van der Waals surface area contributed by atoms with Crippen molar-refractivity contribution in [2.24, 2.45) is 5.10 Å². The fraction of sp³-hybridized carbons (Fsp3) is 0.188. The number of halogens is 1. The summed E-state index contributed by atoms with van der Waals surface area (Å²) >= 11 is 5.83. The van der Waals surface area contributed by atoms with E-state index in [-0.39, 0.29) is 10.6 Å². The molecule has 0 saturated heterocycles. The first kappa shape index (κ1) is 17.3. The predicted octanol–water partition coefficient (Wildman–Crippen LogP) is 3.28. The summed E-state index contributed by atoms with van der Waals surface area (Å²) in [5.41, 5.74) is 2.61. The van der Waals surface area contributed by atoms with Gasteiger partial charge in [0.1, 0.15) is 5.75 Å². The summed E-state index contributed by atoms with van der Waals surface area (Å²) in [5.74, 6) is -0.0416. The number of sulfonamides is 1. The summed E-state index contributed by atoms with van der Waals surface area (Å²) in [6, 6.07) is 8.02. The molecule has 0 spiro atoms. The molecule has 0 atom stereocenters. The molecular weight excluding hydrogens is 336 g/mol. The van der Waals surface area contributed by atoms with Crippen LogP contribution >= 0.6 is 11.6 Å². The van der Waals surface area contributed by atoms with E-state index in [0.29, 0.717) is 21.7 Å². The number of nitrogens with one attached hydrogen (secondary N) is 1. The van der Waals surface area contributed by atoms with E-state index in [1.54, 1.807) is 26.0 Å². The van der Waals surface area contributed by atoms with E-state index < -0.39 is 10.0 Å². The van der Waals surface area contributed by atoms with Gasteiger partial charge >= 0.3 is 0 Å². The summed E-state index contributed by atoms with van der Waals surface area (Å²) in [4.78, 5) is 2.36. The molecular formula is C16H17ClN2O3S. The van der Waals surface area contributed by atoms with Gasteiger partial charge in [-0.3, -0.25) is 0 Å². The van der Waals surface area contributed by atoms with Crippen LogP contribution in [0.3, 0.4) is 0 Å². The first-order valence-corrected chi connectivity index (χ1v) is 8.68. The number of rotatable bonds is 4. The molecule has 5 nitrogen and oxygen atoms in total. The van der Waals surface area contributed by atoms with Crippen LogP contribution in [0.5, 0.6) is 5.75 Å². The number of nitrogens with zero attached hydrogens (tertiary/aromatic N) is 1. The summed E-state index contributed by atoms with van der Waals surface area (Å²) < 4.78 is 24.8.